The van der Waals surface area contributed by atoms with Crippen LogP contribution >= 0.6 is 0 Å². The molecular formula is C25H31N3O2. The summed E-state index contributed by atoms with van der Waals surface area (Å²) in [6.45, 7) is 1.77. The van der Waals surface area contributed by atoms with E-state index >= 15 is 0 Å². The third-order valence-corrected chi connectivity index (χ3v) is 6.08. The average molecular weight is 406 g/mol. The molecule has 3 atom stereocenters. The number of ketones is 1. The van der Waals surface area contributed by atoms with Gasteiger partial charge in [-0.25, -0.2) is 0 Å². The highest BCUT2D eigenvalue weighted by atomic mass is 16.2. The number of nitrogen functional groups attached to an aromatic ring is 1. The van der Waals surface area contributed by atoms with Crippen molar-refractivity contribution in [2.24, 2.45) is 11.7 Å². The minimum atomic E-state index is -0.480. The number of aryl methyl sites for hydroxylation is 1. The standard InChI is InChI=1S/C25H31N3O2/c1-17(23(29)15-12-18-10-13-20(14-11-18)24(26)27)28-25(30)22-9-5-8-21(16-22)19-6-3-2-4-7-19/h2-4,6-7,10-11,13-14,17,21-22H,5,8-9,12,15-16H2,1H3,(H3,26,27)(H,28,30)/t17-,21-,22+/m0/s1. The Balaban J connectivity index is 1.48. The van der Waals surface area contributed by atoms with Crippen LogP contribution in [0.2, 0.25) is 0 Å². The van der Waals surface area contributed by atoms with Crippen LogP contribution in [0.1, 0.15) is 61.6 Å². The van der Waals surface area contributed by atoms with Crippen molar-refractivity contribution in [1.29, 1.82) is 5.41 Å². The van der Waals surface area contributed by atoms with E-state index in [-0.39, 0.29) is 23.4 Å². The Kier molecular flexibility index (Phi) is 7.39. The van der Waals surface area contributed by atoms with Gasteiger partial charge < -0.3 is 11.1 Å². The summed E-state index contributed by atoms with van der Waals surface area (Å²) in [5, 5.41) is 10.4. The highest BCUT2D eigenvalue weighted by molar-refractivity contribution is 5.95. The molecule has 30 heavy (non-hydrogen) atoms. The molecule has 2 aromatic rings. The molecule has 5 nitrogen and oxygen atoms in total. The monoisotopic (exact) mass is 405 g/mol. The first-order valence-corrected chi connectivity index (χ1v) is 10.8. The van der Waals surface area contributed by atoms with Crippen molar-refractivity contribution in [3.63, 3.8) is 0 Å². The maximum atomic E-state index is 12.8. The number of Topliss-reactive ketones (excluding diaryl/α,β-unsaturated/α-hetero) is 1. The van der Waals surface area contributed by atoms with Gasteiger partial charge in [0, 0.05) is 17.9 Å². The molecule has 1 fully saturated rings. The molecule has 5 heteroatoms. The zero-order valence-corrected chi connectivity index (χ0v) is 17.6. The van der Waals surface area contributed by atoms with E-state index in [0.717, 1.165) is 31.2 Å². The van der Waals surface area contributed by atoms with Crippen molar-refractivity contribution in [1.82, 2.24) is 5.32 Å². The van der Waals surface area contributed by atoms with Crippen molar-refractivity contribution in [2.75, 3.05) is 0 Å². The lowest BCUT2D eigenvalue weighted by molar-refractivity contribution is -0.130. The van der Waals surface area contributed by atoms with Crippen LogP contribution in [0, 0.1) is 11.3 Å². The highest BCUT2D eigenvalue weighted by Gasteiger charge is 2.29. The van der Waals surface area contributed by atoms with Crippen LogP contribution < -0.4 is 11.1 Å². The van der Waals surface area contributed by atoms with Gasteiger partial charge in [-0.3, -0.25) is 15.0 Å². The van der Waals surface area contributed by atoms with Crippen LogP contribution in [-0.2, 0) is 16.0 Å². The highest BCUT2D eigenvalue weighted by Crippen LogP contribution is 2.36. The van der Waals surface area contributed by atoms with E-state index in [1.54, 1.807) is 19.1 Å². The number of carbonyl (C=O) groups is 2. The Bertz CT molecular complexity index is 877. The quantitative estimate of drug-likeness (QED) is 0.458. The number of rotatable bonds is 8. The maximum Gasteiger partial charge on any atom is 0.223 e. The smallest absolute Gasteiger partial charge is 0.223 e. The summed E-state index contributed by atoms with van der Waals surface area (Å²) >= 11 is 0. The van der Waals surface area contributed by atoms with E-state index in [9.17, 15) is 9.59 Å². The molecule has 0 bridgehead atoms. The van der Waals surface area contributed by atoms with Gasteiger partial charge in [-0.2, -0.15) is 0 Å². The molecule has 1 saturated carbocycles. The summed E-state index contributed by atoms with van der Waals surface area (Å²) in [7, 11) is 0. The number of nitrogens with one attached hydrogen (secondary N) is 2. The summed E-state index contributed by atoms with van der Waals surface area (Å²) in [6, 6.07) is 17.3. The van der Waals surface area contributed by atoms with Gasteiger partial charge in [0.1, 0.15) is 5.84 Å². The number of amidine groups is 1. The van der Waals surface area contributed by atoms with Gasteiger partial charge >= 0.3 is 0 Å². The fraction of sp³-hybridized carbons (Fsp3) is 0.400. The van der Waals surface area contributed by atoms with Crippen molar-refractivity contribution in [2.45, 2.75) is 57.4 Å². The number of hydrogen-bond donors (Lipinski definition) is 3. The van der Waals surface area contributed by atoms with Crippen LogP contribution in [-0.4, -0.2) is 23.6 Å². The van der Waals surface area contributed by atoms with Crippen LogP contribution in [0.5, 0.6) is 0 Å². The van der Waals surface area contributed by atoms with Gasteiger partial charge in [-0.1, -0.05) is 61.0 Å². The molecule has 1 aliphatic carbocycles. The van der Waals surface area contributed by atoms with E-state index in [4.69, 9.17) is 11.1 Å². The lowest BCUT2D eigenvalue weighted by Gasteiger charge is -2.29. The fourth-order valence-electron chi connectivity index (χ4n) is 4.20. The average Bonchev–Trinajstić information content (AvgIpc) is 2.78. The Morgan fingerprint density at radius 2 is 1.80 bits per heavy atom. The van der Waals surface area contributed by atoms with Crippen molar-refractivity contribution in [3.05, 3.63) is 71.3 Å². The molecule has 0 radical (unpaired) electrons. The molecule has 0 aromatic heterocycles. The topological polar surface area (TPSA) is 96.0 Å². The van der Waals surface area contributed by atoms with E-state index in [1.807, 2.05) is 30.3 Å². The minimum Gasteiger partial charge on any atom is -0.384 e. The molecule has 4 N–H and O–H groups in total. The molecule has 0 unspecified atom stereocenters. The van der Waals surface area contributed by atoms with Crippen molar-refractivity contribution < 1.29 is 9.59 Å². The van der Waals surface area contributed by atoms with Crippen LogP contribution in [0.25, 0.3) is 0 Å². The summed E-state index contributed by atoms with van der Waals surface area (Å²) in [4.78, 5) is 25.3. The summed E-state index contributed by atoms with van der Waals surface area (Å²) in [6.07, 6.45) is 4.87. The molecular weight excluding hydrogens is 374 g/mol. The fourth-order valence-corrected chi connectivity index (χ4v) is 4.20. The number of hydrogen-bond acceptors (Lipinski definition) is 3. The summed E-state index contributed by atoms with van der Waals surface area (Å²) < 4.78 is 0. The lowest BCUT2D eigenvalue weighted by atomic mass is 9.77. The van der Waals surface area contributed by atoms with Crippen molar-refractivity contribution in [3.8, 4) is 0 Å². The molecule has 3 rings (SSSR count). The lowest BCUT2D eigenvalue weighted by Crippen LogP contribution is -2.42. The van der Waals surface area contributed by atoms with Crippen molar-refractivity contribution >= 4 is 17.5 Å². The third-order valence-electron chi connectivity index (χ3n) is 6.08. The second-order valence-corrected chi connectivity index (χ2v) is 8.28. The predicted octanol–water partition coefficient (Wildman–Crippen LogP) is 3.95. The van der Waals surface area contributed by atoms with Gasteiger partial charge in [0.05, 0.1) is 6.04 Å². The summed E-state index contributed by atoms with van der Waals surface area (Å²) in [5.41, 5.74) is 8.46. The molecule has 1 aliphatic rings. The molecule has 2 aromatic carbocycles. The molecule has 0 spiro atoms. The minimum absolute atomic E-state index is 0.00212. The van der Waals surface area contributed by atoms with E-state index in [1.165, 1.54) is 5.56 Å². The van der Waals surface area contributed by atoms with Crippen LogP contribution in [0.3, 0.4) is 0 Å². The van der Waals surface area contributed by atoms with E-state index in [0.29, 0.717) is 24.3 Å². The second-order valence-electron chi connectivity index (χ2n) is 8.28. The van der Waals surface area contributed by atoms with Crippen LogP contribution in [0.15, 0.2) is 54.6 Å². The summed E-state index contributed by atoms with van der Waals surface area (Å²) in [5.74, 6) is 0.459. The predicted molar refractivity (Wildman–Crippen MR) is 120 cm³/mol. The van der Waals surface area contributed by atoms with E-state index < -0.39 is 6.04 Å². The molecule has 0 heterocycles. The largest absolute Gasteiger partial charge is 0.384 e. The second kappa shape index (κ2) is 10.2. The molecule has 158 valence electrons. The van der Waals surface area contributed by atoms with Gasteiger partial charge in [-0.05, 0) is 49.7 Å². The normalized spacial score (nSPS) is 19.6. The first-order chi connectivity index (χ1) is 14.4. The number of benzene rings is 2. The first-order valence-electron chi connectivity index (χ1n) is 10.8. The van der Waals surface area contributed by atoms with Gasteiger partial charge in [0.25, 0.3) is 0 Å². The van der Waals surface area contributed by atoms with Gasteiger partial charge in [-0.15, -0.1) is 0 Å². The van der Waals surface area contributed by atoms with E-state index in [2.05, 4.69) is 17.4 Å². The Hall–Kier alpha value is -2.95. The SMILES string of the molecule is C[C@H](NC(=O)[C@@H]1CCC[C@H](c2ccccc2)C1)C(=O)CCc1ccc(C(=N)N)cc1. The Morgan fingerprint density at radius 1 is 1.10 bits per heavy atom. The molecule has 0 aliphatic heterocycles. The molecule has 0 saturated heterocycles. The van der Waals surface area contributed by atoms with Crippen LogP contribution in [0.4, 0.5) is 0 Å². The third kappa shape index (κ3) is 5.78. The molecule has 1 amide bonds. The maximum absolute atomic E-state index is 12.8. The number of amides is 1. The first kappa shape index (κ1) is 21.8. The Morgan fingerprint density at radius 3 is 2.47 bits per heavy atom. The Labute approximate surface area is 178 Å². The van der Waals surface area contributed by atoms with Gasteiger partial charge in [0.2, 0.25) is 5.91 Å². The van der Waals surface area contributed by atoms with Gasteiger partial charge in [0.15, 0.2) is 5.78 Å². The number of nitrogens with two attached hydrogens (primary N) is 1. The zero-order valence-electron chi connectivity index (χ0n) is 17.6. The zero-order chi connectivity index (χ0) is 21.5. The number of carbonyl (C=O) groups excluding carboxylic acids is 2.